The van der Waals surface area contributed by atoms with E-state index in [0.717, 1.165) is 58.7 Å². The van der Waals surface area contributed by atoms with E-state index in [4.69, 9.17) is 4.84 Å². The molecule has 6 heteroatoms. The second-order valence-electron chi connectivity index (χ2n) is 10.4. The number of benzene rings is 3. The summed E-state index contributed by atoms with van der Waals surface area (Å²) in [5.41, 5.74) is 4.99. The van der Waals surface area contributed by atoms with Crippen molar-refractivity contribution in [3.63, 3.8) is 0 Å². The summed E-state index contributed by atoms with van der Waals surface area (Å²) in [5.74, 6) is -0.453. The van der Waals surface area contributed by atoms with Crippen molar-refractivity contribution in [1.82, 2.24) is 4.57 Å². The third-order valence-corrected chi connectivity index (χ3v) is 8.06. The van der Waals surface area contributed by atoms with Gasteiger partial charge in [0.25, 0.3) is 0 Å². The Labute approximate surface area is 222 Å². The van der Waals surface area contributed by atoms with E-state index in [1.54, 1.807) is 0 Å². The molecule has 1 heterocycles. The van der Waals surface area contributed by atoms with Crippen molar-refractivity contribution in [2.45, 2.75) is 59.4 Å². The van der Waals surface area contributed by atoms with E-state index in [1.165, 1.54) is 0 Å². The van der Waals surface area contributed by atoms with Gasteiger partial charge in [-0.15, -0.1) is 0 Å². The maximum Gasteiger partial charge on any atom is 0.343 e. The van der Waals surface area contributed by atoms with Gasteiger partial charge in [0.05, 0.1) is 17.7 Å². The van der Waals surface area contributed by atoms with Gasteiger partial charge >= 0.3 is 5.97 Å². The average molecular weight is 511 g/mol. The quantitative estimate of drug-likeness (QED) is 0.132. The van der Waals surface area contributed by atoms with Crippen LogP contribution in [0.15, 0.2) is 65.8 Å². The van der Waals surface area contributed by atoms with Gasteiger partial charge in [0.2, 0.25) is 0 Å². The zero-order chi connectivity index (χ0) is 26.9. The maximum absolute atomic E-state index is 13.3. The zero-order valence-corrected chi connectivity index (χ0v) is 22.3. The van der Waals surface area contributed by atoms with Crippen LogP contribution in [0.5, 0.6) is 0 Å². The second-order valence-corrected chi connectivity index (χ2v) is 10.4. The largest absolute Gasteiger partial charge is 0.395 e. The summed E-state index contributed by atoms with van der Waals surface area (Å²) >= 11 is 0. The first-order chi connectivity index (χ1) is 18.4. The van der Waals surface area contributed by atoms with Crippen LogP contribution in [-0.2, 0) is 16.2 Å². The van der Waals surface area contributed by atoms with E-state index in [9.17, 15) is 14.7 Å². The Kier molecular flexibility index (Phi) is 7.17. The number of aryl methyl sites for hydroxylation is 2. The number of carbonyl (C=O) groups excluding carboxylic acids is 2. The van der Waals surface area contributed by atoms with Crippen molar-refractivity contribution in [3.05, 3.63) is 82.9 Å². The van der Waals surface area contributed by atoms with Gasteiger partial charge in [-0.1, -0.05) is 54.8 Å². The monoisotopic (exact) mass is 510 g/mol. The average Bonchev–Trinajstić information content (AvgIpc) is 3.28. The van der Waals surface area contributed by atoms with Gasteiger partial charge in [-0.25, -0.2) is 4.79 Å². The molecule has 0 amide bonds. The van der Waals surface area contributed by atoms with Crippen LogP contribution < -0.4 is 0 Å². The number of oxime groups is 1. The summed E-state index contributed by atoms with van der Waals surface area (Å²) in [6, 6.07) is 19.6. The number of nitrogens with zero attached hydrogens (tertiary/aromatic N) is 2. The highest BCUT2D eigenvalue weighted by atomic mass is 16.7. The van der Waals surface area contributed by atoms with Crippen LogP contribution in [0.1, 0.15) is 73.0 Å². The van der Waals surface area contributed by atoms with Gasteiger partial charge in [-0.2, -0.15) is 0 Å². The number of aliphatic hydroxyl groups excluding tert-OH is 1. The van der Waals surface area contributed by atoms with Gasteiger partial charge in [0.1, 0.15) is 0 Å². The minimum Gasteiger partial charge on any atom is -0.395 e. The van der Waals surface area contributed by atoms with Crippen molar-refractivity contribution >= 4 is 39.3 Å². The summed E-state index contributed by atoms with van der Waals surface area (Å²) in [7, 11) is 0. The highest BCUT2D eigenvalue weighted by Gasteiger charge is 2.41. The van der Waals surface area contributed by atoms with Crippen LogP contribution in [0.3, 0.4) is 0 Å². The molecule has 0 spiro atoms. The molecule has 4 aromatic rings. The van der Waals surface area contributed by atoms with E-state index >= 15 is 0 Å². The van der Waals surface area contributed by atoms with Gasteiger partial charge < -0.3 is 14.5 Å². The third-order valence-electron chi connectivity index (χ3n) is 8.06. The van der Waals surface area contributed by atoms with Crippen molar-refractivity contribution in [1.29, 1.82) is 0 Å². The molecule has 38 heavy (non-hydrogen) atoms. The summed E-state index contributed by atoms with van der Waals surface area (Å²) in [6.45, 7) is 6.44. The minimum atomic E-state index is -0.847. The smallest absolute Gasteiger partial charge is 0.343 e. The van der Waals surface area contributed by atoms with Gasteiger partial charge in [-0.3, -0.25) is 4.79 Å². The standard InChI is InChI=1S/C32H34N2O4/c1-4-34-28-14-12-23(22(3)33-38-31(37)32(20-35)16-8-5-9-17-32)18-26(28)27-19-24(13-15-29(27)34)30(36)25-11-7-6-10-21(25)2/h6-7,10-15,18-19,35H,4-5,8-9,16-17,20H2,1-3H3/b33-22+. The molecule has 196 valence electrons. The Bertz CT molecular complexity index is 1560. The summed E-state index contributed by atoms with van der Waals surface area (Å²) in [5, 5.41) is 16.1. The van der Waals surface area contributed by atoms with Crippen LogP contribution in [-0.4, -0.2) is 33.7 Å². The normalized spacial score (nSPS) is 15.6. The van der Waals surface area contributed by atoms with E-state index in [1.807, 2.05) is 74.5 Å². The molecule has 1 saturated carbocycles. The first-order valence-corrected chi connectivity index (χ1v) is 13.4. The molecule has 0 radical (unpaired) electrons. The van der Waals surface area contributed by atoms with Crippen molar-refractivity contribution in [2.24, 2.45) is 10.6 Å². The number of aliphatic hydroxyl groups is 1. The van der Waals surface area contributed by atoms with Crippen LogP contribution in [0.25, 0.3) is 21.8 Å². The Morgan fingerprint density at radius 1 is 0.947 bits per heavy atom. The van der Waals surface area contributed by atoms with E-state index in [0.29, 0.717) is 29.7 Å². The molecule has 0 atom stereocenters. The highest BCUT2D eigenvalue weighted by molar-refractivity contribution is 6.16. The number of hydrogen-bond acceptors (Lipinski definition) is 5. The molecule has 1 N–H and O–H groups in total. The van der Waals surface area contributed by atoms with Crippen molar-refractivity contribution in [3.8, 4) is 0 Å². The molecule has 0 aliphatic heterocycles. The lowest BCUT2D eigenvalue weighted by molar-refractivity contribution is -0.161. The summed E-state index contributed by atoms with van der Waals surface area (Å²) in [4.78, 5) is 31.5. The summed E-state index contributed by atoms with van der Waals surface area (Å²) in [6.07, 6.45) is 4.14. The predicted octanol–water partition coefficient (Wildman–Crippen LogP) is 6.56. The third kappa shape index (κ3) is 4.54. The Hall–Kier alpha value is -3.77. The second kappa shape index (κ2) is 10.5. The molecule has 0 unspecified atom stereocenters. The predicted molar refractivity (Wildman–Crippen MR) is 151 cm³/mol. The summed E-state index contributed by atoms with van der Waals surface area (Å²) < 4.78 is 2.23. The molecule has 0 bridgehead atoms. The minimum absolute atomic E-state index is 0.00346. The molecular weight excluding hydrogens is 476 g/mol. The molecule has 3 aromatic carbocycles. The van der Waals surface area contributed by atoms with Crippen molar-refractivity contribution < 1.29 is 19.5 Å². The number of carbonyl (C=O) groups is 2. The molecule has 6 nitrogen and oxygen atoms in total. The lowest BCUT2D eigenvalue weighted by Gasteiger charge is -2.31. The van der Waals surface area contributed by atoms with Crippen LogP contribution in [0.4, 0.5) is 0 Å². The van der Waals surface area contributed by atoms with E-state index in [-0.39, 0.29) is 12.4 Å². The molecule has 1 aromatic heterocycles. The number of ketones is 1. The maximum atomic E-state index is 13.3. The number of fused-ring (bicyclic) bond motifs is 3. The SMILES string of the molecule is CCn1c2ccc(C(=O)c3ccccc3C)cc2c2cc(/C(C)=N/OC(=O)C3(CO)CCCCC3)ccc21. The lowest BCUT2D eigenvalue weighted by atomic mass is 9.75. The van der Waals surface area contributed by atoms with Crippen LogP contribution in [0.2, 0.25) is 0 Å². The molecule has 1 fully saturated rings. The first-order valence-electron chi connectivity index (χ1n) is 13.4. The van der Waals surface area contributed by atoms with Crippen LogP contribution in [0, 0.1) is 12.3 Å². The Morgan fingerprint density at radius 2 is 1.58 bits per heavy atom. The van der Waals surface area contributed by atoms with Crippen LogP contribution >= 0.6 is 0 Å². The molecule has 1 aliphatic rings. The highest BCUT2D eigenvalue weighted by Crippen LogP contribution is 2.37. The molecule has 1 aliphatic carbocycles. The lowest BCUT2D eigenvalue weighted by Crippen LogP contribution is -2.37. The van der Waals surface area contributed by atoms with Gasteiger partial charge in [0.15, 0.2) is 5.78 Å². The molecule has 5 rings (SSSR count). The fourth-order valence-electron chi connectivity index (χ4n) is 5.71. The van der Waals surface area contributed by atoms with E-state index in [2.05, 4.69) is 16.6 Å². The van der Waals surface area contributed by atoms with E-state index < -0.39 is 11.4 Å². The zero-order valence-electron chi connectivity index (χ0n) is 22.3. The fraction of sp³-hybridized carbons (Fsp3) is 0.344. The fourth-order valence-corrected chi connectivity index (χ4v) is 5.71. The Morgan fingerprint density at radius 3 is 2.21 bits per heavy atom. The first kappa shape index (κ1) is 25.9. The molecule has 0 saturated heterocycles. The van der Waals surface area contributed by atoms with Gasteiger partial charge in [0, 0.05) is 39.5 Å². The number of hydrogen-bond donors (Lipinski definition) is 1. The van der Waals surface area contributed by atoms with Gasteiger partial charge in [-0.05, 0) is 75.1 Å². The molecular formula is C32H34N2O4. The van der Waals surface area contributed by atoms with Crippen molar-refractivity contribution in [2.75, 3.05) is 6.61 Å². The number of aromatic nitrogens is 1. The topological polar surface area (TPSA) is 80.9 Å². The number of rotatable bonds is 7. The Balaban J connectivity index is 1.51.